The number of benzene rings is 2. The molecular weight excluding hydrogens is 432 g/mol. The molecule has 1 saturated heterocycles. The van der Waals surface area contributed by atoms with Crippen LogP contribution in [0.2, 0.25) is 0 Å². The number of anilines is 2. The normalized spacial score (nSPS) is 26.3. The van der Waals surface area contributed by atoms with E-state index in [4.69, 9.17) is 4.18 Å². The van der Waals surface area contributed by atoms with Gasteiger partial charge in [-0.05, 0) is 67.5 Å². The van der Waals surface area contributed by atoms with E-state index < -0.39 is 10.1 Å². The lowest BCUT2D eigenvalue weighted by Crippen LogP contribution is -2.32. The molecule has 8 nitrogen and oxygen atoms in total. The Balaban J connectivity index is 1.37. The Hall–Kier alpha value is -3.20. The molecule has 0 unspecified atom stereocenters. The number of carbonyl (C=O) groups is 3. The molecule has 3 aliphatic rings. The van der Waals surface area contributed by atoms with Gasteiger partial charge in [0.05, 0.1) is 17.5 Å². The summed E-state index contributed by atoms with van der Waals surface area (Å²) in [6.45, 7) is 1.36. The summed E-state index contributed by atoms with van der Waals surface area (Å²) >= 11 is 0. The third-order valence-electron chi connectivity index (χ3n) is 6.67. The first-order chi connectivity index (χ1) is 15.2. The van der Waals surface area contributed by atoms with Crippen LogP contribution in [0.3, 0.4) is 0 Å². The molecule has 5 rings (SSSR count). The second kappa shape index (κ2) is 7.44. The SMILES string of the molecule is CC(=O)Nc1ccc(S(=O)(=O)Oc2cccc(N3C(=O)[C@@H]4[C@H]5CC[C@@H](C5)[C@H]4C3=O)c2)cc1. The van der Waals surface area contributed by atoms with Crippen molar-refractivity contribution in [2.24, 2.45) is 23.7 Å². The lowest BCUT2D eigenvalue weighted by Gasteiger charge is -2.19. The summed E-state index contributed by atoms with van der Waals surface area (Å²) in [6, 6.07) is 11.6. The molecule has 166 valence electrons. The minimum atomic E-state index is -4.15. The first-order valence-corrected chi connectivity index (χ1v) is 12.0. The van der Waals surface area contributed by atoms with Crippen molar-refractivity contribution < 1.29 is 27.0 Å². The molecule has 2 bridgehead atoms. The standard InChI is InChI=1S/C23H22N2O6S/c1-13(26)24-16-7-9-19(10-8-16)32(29,30)31-18-4-2-3-17(12-18)25-22(27)20-14-5-6-15(11-14)21(20)23(25)28/h2-4,7-10,12,14-15,20-21H,5-6,11H2,1H3,(H,24,26)/t14-,15-,20+,21+/m0/s1. The number of nitrogens with one attached hydrogen (secondary N) is 1. The van der Waals surface area contributed by atoms with Gasteiger partial charge in [-0.1, -0.05) is 6.07 Å². The van der Waals surface area contributed by atoms with Crippen molar-refractivity contribution >= 4 is 39.2 Å². The number of fused-ring (bicyclic) bond motifs is 5. The van der Waals surface area contributed by atoms with Gasteiger partial charge < -0.3 is 9.50 Å². The van der Waals surface area contributed by atoms with E-state index in [2.05, 4.69) is 5.32 Å². The molecule has 1 N–H and O–H groups in total. The molecule has 0 radical (unpaired) electrons. The molecule has 3 amide bonds. The maximum atomic E-state index is 13.0. The van der Waals surface area contributed by atoms with Crippen molar-refractivity contribution in [3.63, 3.8) is 0 Å². The first-order valence-electron chi connectivity index (χ1n) is 10.5. The number of carbonyl (C=O) groups excluding carboxylic acids is 3. The molecule has 2 aromatic carbocycles. The van der Waals surface area contributed by atoms with Gasteiger partial charge in [0.25, 0.3) is 0 Å². The third kappa shape index (κ3) is 3.37. The largest absolute Gasteiger partial charge is 0.379 e. The highest BCUT2D eigenvalue weighted by atomic mass is 32.2. The maximum Gasteiger partial charge on any atom is 0.339 e. The summed E-state index contributed by atoms with van der Waals surface area (Å²) in [5, 5.41) is 2.56. The molecule has 1 aliphatic heterocycles. The topological polar surface area (TPSA) is 110 Å². The molecule has 2 aromatic rings. The van der Waals surface area contributed by atoms with Crippen LogP contribution in [0.25, 0.3) is 0 Å². The molecular formula is C23H22N2O6S. The van der Waals surface area contributed by atoms with Crippen molar-refractivity contribution in [2.45, 2.75) is 31.1 Å². The average Bonchev–Trinajstić information content (AvgIpc) is 3.41. The summed E-state index contributed by atoms with van der Waals surface area (Å²) in [7, 11) is -4.15. The summed E-state index contributed by atoms with van der Waals surface area (Å²) < 4.78 is 30.6. The molecule has 1 heterocycles. The van der Waals surface area contributed by atoms with E-state index in [0.717, 1.165) is 19.3 Å². The van der Waals surface area contributed by atoms with Gasteiger partial charge in [0.2, 0.25) is 17.7 Å². The number of rotatable bonds is 5. The van der Waals surface area contributed by atoms with Crippen LogP contribution in [0.4, 0.5) is 11.4 Å². The minimum Gasteiger partial charge on any atom is -0.379 e. The first kappa shape index (κ1) is 20.7. The van der Waals surface area contributed by atoms with Crippen LogP contribution >= 0.6 is 0 Å². The van der Waals surface area contributed by atoms with Gasteiger partial charge in [-0.3, -0.25) is 14.4 Å². The highest BCUT2D eigenvalue weighted by Crippen LogP contribution is 2.56. The van der Waals surface area contributed by atoms with Gasteiger partial charge >= 0.3 is 10.1 Å². The second-order valence-corrected chi connectivity index (χ2v) is 10.2. The van der Waals surface area contributed by atoms with E-state index in [1.54, 1.807) is 12.1 Å². The Morgan fingerprint density at radius 3 is 2.22 bits per heavy atom. The number of amides is 3. The predicted octanol–water partition coefficient (Wildman–Crippen LogP) is 2.95. The van der Waals surface area contributed by atoms with Crippen molar-refractivity contribution in [3.05, 3.63) is 48.5 Å². The van der Waals surface area contributed by atoms with Crippen LogP contribution < -0.4 is 14.4 Å². The van der Waals surface area contributed by atoms with Gasteiger partial charge in [0.1, 0.15) is 10.6 Å². The Morgan fingerprint density at radius 1 is 1.00 bits per heavy atom. The van der Waals surface area contributed by atoms with Crippen LogP contribution in [-0.4, -0.2) is 26.1 Å². The van der Waals surface area contributed by atoms with Crippen LogP contribution in [0.5, 0.6) is 5.75 Å². The summed E-state index contributed by atoms with van der Waals surface area (Å²) in [6.07, 6.45) is 2.92. The fraction of sp³-hybridized carbons (Fsp3) is 0.348. The highest BCUT2D eigenvalue weighted by Gasteiger charge is 2.61. The number of hydrogen-bond donors (Lipinski definition) is 1. The van der Waals surface area contributed by atoms with Crippen molar-refractivity contribution in [1.82, 2.24) is 0 Å². The average molecular weight is 455 g/mol. The van der Waals surface area contributed by atoms with Crippen molar-refractivity contribution in [1.29, 1.82) is 0 Å². The van der Waals surface area contributed by atoms with Crippen LogP contribution in [0.15, 0.2) is 53.4 Å². The van der Waals surface area contributed by atoms with E-state index in [0.29, 0.717) is 11.4 Å². The summed E-state index contributed by atoms with van der Waals surface area (Å²) in [5.74, 6) is -0.612. The third-order valence-corrected chi connectivity index (χ3v) is 7.93. The Labute approximate surface area is 185 Å². The summed E-state index contributed by atoms with van der Waals surface area (Å²) in [4.78, 5) is 38.3. The van der Waals surface area contributed by atoms with Gasteiger partial charge in [-0.15, -0.1) is 0 Å². The number of nitrogens with zero attached hydrogens (tertiary/aromatic N) is 1. The van der Waals surface area contributed by atoms with Crippen LogP contribution in [-0.2, 0) is 24.5 Å². The fourth-order valence-corrected chi connectivity index (χ4v) is 6.34. The van der Waals surface area contributed by atoms with Gasteiger partial charge in [-0.2, -0.15) is 8.42 Å². The molecule has 32 heavy (non-hydrogen) atoms. The maximum absolute atomic E-state index is 13.0. The van der Waals surface area contributed by atoms with Crippen molar-refractivity contribution in [2.75, 3.05) is 10.2 Å². The quantitative estimate of drug-likeness (QED) is 0.550. The molecule has 2 aliphatic carbocycles. The smallest absolute Gasteiger partial charge is 0.339 e. The predicted molar refractivity (Wildman–Crippen MR) is 115 cm³/mol. The lowest BCUT2D eigenvalue weighted by molar-refractivity contribution is -0.123. The van der Waals surface area contributed by atoms with E-state index in [-0.39, 0.29) is 52.0 Å². The minimum absolute atomic E-state index is 0.00840. The van der Waals surface area contributed by atoms with E-state index >= 15 is 0 Å². The van der Waals surface area contributed by atoms with E-state index in [1.165, 1.54) is 48.2 Å². The van der Waals surface area contributed by atoms with Gasteiger partial charge in [-0.25, -0.2) is 4.90 Å². The van der Waals surface area contributed by atoms with Crippen LogP contribution in [0, 0.1) is 23.7 Å². The summed E-state index contributed by atoms with van der Waals surface area (Å²) in [5.41, 5.74) is 0.784. The monoisotopic (exact) mass is 454 g/mol. The molecule has 0 aromatic heterocycles. The zero-order chi connectivity index (χ0) is 22.6. The molecule has 2 saturated carbocycles. The zero-order valence-electron chi connectivity index (χ0n) is 17.4. The molecule has 9 heteroatoms. The Morgan fingerprint density at radius 2 is 1.62 bits per heavy atom. The Bertz CT molecular complexity index is 1200. The van der Waals surface area contributed by atoms with E-state index in [1.807, 2.05) is 0 Å². The molecule has 0 spiro atoms. The zero-order valence-corrected chi connectivity index (χ0v) is 18.2. The Kier molecular flexibility index (Phi) is 4.81. The van der Waals surface area contributed by atoms with Crippen LogP contribution in [0.1, 0.15) is 26.2 Å². The van der Waals surface area contributed by atoms with Gasteiger partial charge in [0, 0.05) is 18.7 Å². The molecule has 3 fully saturated rings. The van der Waals surface area contributed by atoms with Crippen molar-refractivity contribution in [3.8, 4) is 5.75 Å². The number of imide groups is 1. The van der Waals surface area contributed by atoms with E-state index in [9.17, 15) is 22.8 Å². The fourth-order valence-electron chi connectivity index (χ4n) is 5.42. The second-order valence-electron chi connectivity index (χ2n) is 8.64. The number of hydrogen-bond acceptors (Lipinski definition) is 6. The molecule has 4 atom stereocenters. The highest BCUT2D eigenvalue weighted by molar-refractivity contribution is 7.87. The van der Waals surface area contributed by atoms with Gasteiger partial charge in [0.15, 0.2) is 0 Å². The lowest BCUT2D eigenvalue weighted by atomic mass is 9.81.